The number of hydrogen-bond acceptors (Lipinski definition) is 2. The fraction of sp³-hybridized carbons (Fsp3) is 0. The van der Waals surface area contributed by atoms with Crippen LogP contribution in [0, 0.1) is 0 Å². The van der Waals surface area contributed by atoms with Crippen molar-refractivity contribution >= 4 is 70.7 Å². The maximum Gasteiger partial charge on any atom is 0.131 e. The van der Waals surface area contributed by atoms with Gasteiger partial charge in [0, 0.05) is 73.9 Å². The Bertz CT molecular complexity index is 2990. The number of para-hydroxylation sites is 1. The minimum absolute atomic E-state index is 1.07. The van der Waals surface area contributed by atoms with Crippen LogP contribution in [0.25, 0.3) is 98.6 Å². The molecule has 0 atom stereocenters. The van der Waals surface area contributed by atoms with E-state index in [-0.39, 0.29) is 0 Å². The van der Waals surface area contributed by atoms with Gasteiger partial charge in [-0.3, -0.25) is 18.9 Å². The van der Waals surface area contributed by atoms with E-state index in [2.05, 4.69) is 140 Å². The van der Waals surface area contributed by atoms with Gasteiger partial charge < -0.3 is 0 Å². The summed E-state index contributed by atoms with van der Waals surface area (Å²) in [5.74, 6) is 0. The number of hydrogen-bond donors (Lipinski definition) is 0. The molecule has 0 aliphatic rings. The average molecular weight is 611 g/mol. The van der Waals surface area contributed by atoms with E-state index in [0.29, 0.717) is 0 Å². The second-order valence-electron chi connectivity index (χ2n) is 12.7. The normalized spacial score (nSPS) is 12.2. The quantitative estimate of drug-likeness (QED) is 0.199. The van der Waals surface area contributed by atoms with Gasteiger partial charge in [0.25, 0.3) is 0 Å². The Hall–Kier alpha value is -6.52. The van der Waals surface area contributed by atoms with E-state index < -0.39 is 0 Å². The molecule has 11 rings (SSSR count). The molecule has 11 aromatic rings. The molecule has 0 amide bonds. The van der Waals surface area contributed by atoms with E-state index in [1.54, 1.807) is 0 Å². The van der Waals surface area contributed by atoms with Crippen molar-refractivity contribution < 1.29 is 0 Å². The maximum absolute atomic E-state index is 4.49. The van der Waals surface area contributed by atoms with E-state index >= 15 is 0 Å². The Morgan fingerprint density at radius 1 is 0.417 bits per heavy atom. The molecule has 5 aromatic heterocycles. The van der Waals surface area contributed by atoms with Crippen molar-refractivity contribution in [3.05, 3.63) is 158 Å². The summed E-state index contributed by atoms with van der Waals surface area (Å²) >= 11 is 0. The largest absolute Gasteiger partial charge is 0.294 e. The Morgan fingerprint density at radius 2 is 1.08 bits per heavy atom. The number of aromatic nitrogens is 4. The van der Waals surface area contributed by atoms with Crippen molar-refractivity contribution in [2.75, 3.05) is 0 Å². The van der Waals surface area contributed by atoms with Crippen molar-refractivity contribution in [3.8, 4) is 27.9 Å². The van der Waals surface area contributed by atoms with Gasteiger partial charge in [0.15, 0.2) is 0 Å². The molecular formula is C44H26N4. The zero-order valence-electron chi connectivity index (χ0n) is 25.8. The van der Waals surface area contributed by atoms with Gasteiger partial charge in [-0.25, -0.2) is 0 Å². The van der Waals surface area contributed by atoms with Crippen molar-refractivity contribution in [1.82, 2.24) is 18.9 Å². The first-order valence-electron chi connectivity index (χ1n) is 16.3. The summed E-state index contributed by atoms with van der Waals surface area (Å²) in [5.41, 5.74) is 10.4. The predicted octanol–water partition coefficient (Wildman–Crippen LogP) is 11.2. The third kappa shape index (κ3) is 3.38. The van der Waals surface area contributed by atoms with Crippen LogP contribution in [0.5, 0.6) is 0 Å². The van der Waals surface area contributed by atoms with Crippen LogP contribution >= 0.6 is 0 Å². The van der Waals surface area contributed by atoms with Crippen molar-refractivity contribution in [1.29, 1.82) is 0 Å². The lowest BCUT2D eigenvalue weighted by molar-refractivity contribution is 1.13. The molecule has 0 fully saturated rings. The van der Waals surface area contributed by atoms with E-state index in [0.717, 1.165) is 27.9 Å². The Balaban J connectivity index is 1.41. The van der Waals surface area contributed by atoms with Gasteiger partial charge in [-0.1, -0.05) is 91.0 Å². The third-order valence-electron chi connectivity index (χ3n) is 10.1. The lowest BCUT2D eigenvalue weighted by atomic mass is 9.99. The number of fused-ring (bicyclic) bond motifs is 12. The molecule has 222 valence electrons. The lowest BCUT2D eigenvalue weighted by Crippen LogP contribution is -1.99. The van der Waals surface area contributed by atoms with E-state index in [9.17, 15) is 0 Å². The zero-order chi connectivity index (χ0) is 31.3. The van der Waals surface area contributed by atoms with Crippen LogP contribution in [0.4, 0.5) is 0 Å². The highest BCUT2D eigenvalue weighted by Gasteiger charge is 2.26. The molecule has 4 nitrogen and oxygen atoms in total. The molecule has 0 saturated carbocycles. The summed E-state index contributed by atoms with van der Waals surface area (Å²) in [5, 5.41) is 11.4. The average Bonchev–Trinajstić information content (AvgIpc) is 3.80. The van der Waals surface area contributed by atoms with Crippen molar-refractivity contribution in [2.24, 2.45) is 0 Å². The standard InChI is InChI=1S/C44H26N4/c1-4-14-35-27(9-1)17-18-37-41-38-24-28-10-2-3-13-34(28)40-36-15-5-6-16-39(36)48(43(38)40)44(41)47(42(35)37)33-22-31(29-11-7-19-45-25-29)21-32(23-33)30-12-8-20-46-26-30/h1-26H. The first kappa shape index (κ1) is 25.6. The molecule has 0 aliphatic heterocycles. The monoisotopic (exact) mass is 610 g/mol. The SMILES string of the molecule is c1cncc(-c2cc(-c3cccnc3)cc(-n3c4c5ccccc5ccc4c4c5cc6ccccc6c6c7ccccc7n(c56)c43)c2)c1. The van der Waals surface area contributed by atoms with Gasteiger partial charge >= 0.3 is 0 Å². The molecule has 0 unspecified atom stereocenters. The van der Waals surface area contributed by atoms with Gasteiger partial charge in [0.1, 0.15) is 5.65 Å². The van der Waals surface area contributed by atoms with E-state index in [1.807, 2.05) is 36.9 Å². The lowest BCUT2D eigenvalue weighted by Gasteiger charge is -2.15. The van der Waals surface area contributed by atoms with Gasteiger partial charge in [-0.2, -0.15) is 0 Å². The molecule has 48 heavy (non-hydrogen) atoms. The van der Waals surface area contributed by atoms with Gasteiger partial charge in [0.05, 0.1) is 16.6 Å². The first-order chi connectivity index (χ1) is 23.8. The summed E-state index contributed by atoms with van der Waals surface area (Å²) in [6.45, 7) is 0. The van der Waals surface area contributed by atoms with Crippen LogP contribution in [-0.4, -0.2) is 18.9 Å². The highest BCUT2D eigenvalue weighted by Crippen LogP contribution is 2.48. The Labute approximate surface area is 275 Å². The van der Waals surface area contributed by atoms with Crippen molar-refractivity contribution in [3.63, 3.8) is 0 Å². The minimum Gasteiger partial charge on any atom is -0.294 e. The van der Waals surface area contributed by atoms with Gasteiger partial charge in [-0.15, -0.1) is 0 Å². The Morgan fingerprint density at radius 3 is 1.81 bits per heavy atom. The fourth-order valence-corrected chi connectivity index (χ4v) is 8.16. The number of nitrogens with zero attached hydrogens (tertiary/aromatic N) is 4. The van der Waals surface area contributed by atoms with Gasteiger partial charge in [0.2, 0.25) is 0 Å². The highest BCUT2D eigenvalue weighted by atomic mass is 15.1. The van der Waals surface area contributed by atoms with Crippen LogP contribution in [0.3, 0.4) is 0 Å². The summed E-state index contributed by atoms with van der Waals surface area (Å²) in [6, 6.07) is 48.7. The smallest absolute Gasteiger partial charge is 0.131 e. The molecule has 0 saturated heterocycles. The molecule has 4 heteroatoms. The molecular weight excluding hydrogens is 585 g/mol. The number of rotatable bonds is 3. The van der Waals surface area contributed by atoms with Gasteiger partial charge in [-0.05, 0) is 69.8 Å². The summed E-state index contributed by atoms with van der Waals surface area (Å²) in [4.78, 5) is 8.98. The minimum atomic E-state index is 1.07. The molecule has 0 bridgehead atoms. The molecule has 6 aromatic carbocycles. The molecule has 5 heterocycles. The van der Waals surface area contributed by atoms with E-state index in [1.165, 1.54) is 70.7 Å². The second kappa shape index (κ2) is 9.50. The van der Waals surface area contributed by atoms with Crippen LogP contribution in [0.15, 0.2) is 158 Å². The van der Waals surface area contributed by atoms with Crippen LogP contribution in [0.1, 0.15) is 0 Å². The third-order valence-corrected chi connectivity index (χ3v) is 10.1. The molecule has 0 radical (unpaired) electrons. The second-order valence-corrected chi connectivity index (χ2v) is 12.7. The predicted molar refractivity (Wildman–Crippen MR) is 199 cm³/mol. The van der Waals surface area contributed by atoms with Crippen molar-refractivity contribution in [2.45, 2.75) is 0 Å². The topological polar surface area (TPSA) is 35.1 Å². The first-order valence-corrected chi connectivity index (χ1v) is 16.3. The van der Waals surface area contributed by atoms with Crippen LogP contribution in [0.2, 0.25) is 0 Å². The molecule has 0 spiro atoms. The number of benzene rings is 6. The van der Waals surface area contributed by atoms with E-state index in [4.69, 9.17) is 0 Å². The molecule has 0 aliphatic carbocycles. The highest BCUT2D eigenvalue weighted by molar-refractivity contribution is 6.36. The summed E-state index contributed by atoms with van der Waals surface area (Å²) in [7, 11) is 0. The zero-order valence-corrected chi connectivity index (χ0v) is 25.8. The maximum atomic E-state index is 4.49. The molecule has 0 N–H and O–H groups in total. The Kier molecular flexibility index (Phi) is 5.08. The number of pyridine rings is 2. The fourth-order valence-electron chi connectivity index (χ4n) is 8.16. The van der Waals surface area contributed by atoms with Crippen LogP contribution < -0.4 is 0 Å². The summed E-state index contributed by atoms with van der Waals surface area (Å²) < 4.78 is 5.04. The summed E-state index contributed by atoms with van der Waals surface area (Å²) in [6.07, 6.45) is 7.56. The van der Waals surface area contributed by atoms with Crippen LogP contribution in [-0.2, 0) is 0 Å².